The van der Waals surface area contributed by atoms with Crippen molar-refractivity contribution in [3.05, 3.63) is 65.7 Å². The van der Waals surface area contributed by atoms with Crippen LogP contribution in [0.25, 0.3) is 0 Å². The minimum Gasteiger partial charge on any atom is -0.493 e. The number of nitrogens with one attached hydrogen (secondary N) is 1. The smallest absolute Gasteiger partial charge is 0.261 e. The molecule has 2 aromatic rings. The number of amides is 2. The van der Waals surface area contributed by atoms with Crippen molar-refractivity contribution in [3.8, 4) is 5.75 Å². The van der Waals surface area contributed by atoms with Crippen LogP contribution in [0, 0.1) is 5.92 Å². The van der Waals surface area contributed by atoms with E-state index in [1.807, 2.05) is 36.4 Å². The summed E-state index contributed by atoms with van der Waals surface area (Å²) in [6.07, 6.45) is 1.03. The maximum atomic E-state index is 12.9. The number of hydrogen-bond acceptors (Lipinski definition) is 4. The van der Waals surface area contributed by atoms with Crippen molar-refractivity contribution < 1.29 is 14.3 Å². The van der Waals surface area contributed by atoms with Crippen LogP contribution >= 0.6 is 12.2 Å². The number of nitrogens with two attached hydrogens (primary N) is 1. The third-order valence-electron chi connectivity index (χ3n) is 4.44. The highest BCUT2D eigenvalue weighted by Crippen LogP contribution is 2.19. The molecule has 0 spiro atoms. The van der Waals surface area contributed by atoms with E-state index in [-0.39, 0.29) is 17.4 Å². The lowest BCUT2D eigenvalue weighted by Gasteiger charge is -2.25. The summed E-state index contributed by atoms with van der Waals surface area (Å²) in [5.41, 5.74) is 6.73. The first-order valence-corrected chi connectivity index (χ1v) is 10.4. The second kappa shape index (κ2) is 11.9. The van der Waals surface area contributed by atoms with E-state index in [1.165, 1.54) is 0 Å². The fourth-order valence-electron chi connectivity index (χ4n) is 2.73. The molecular weight excluding hydrogens is 398 g/mol. The molecule has 0 atom stereocenters. The zero-order valence-electron chi connectivity index (χ0n) is 17.5. The lowest BCUT2D eigenvalue weighted by atomic mass is 10.1. The molecule has 2 aromatic carbocycles. The van der Waals surface area contributed by atoms with E-state index in [1.54, 1.807) is 23.1 Å². The summed E-state index contributed by atoms with van der Waals surface area (Å²) in [5.74, 6) is 0.254. The van der Waals surface area contributed by atoms with E-state index in [4.69, 9.17) is 22.7 Å². The predicted molar refractivity (Wildman–Crippen MR) is 122 cm³/mol. The molecule has 0 aliphatic heterocycles. The van der Waals surface area contributed by atoms with Gasteiger partial charge in [-0.1, -0.05) is 56.3 Å². The predicted octanol–water partition coefficient (Wildman–Crippen LogP) is 3.50. The Morgan fingerprint density at radius 1 is 1.10 bits per heavy atom. The summed E-state index contributed by atoms with van der Waals surface area (Å²) in [5, 5.41) is 3.00. The number of hydrogen-bond donors (Lipinski definition) is 2. The Morgan fingerprint density at radius 3 is 2.43 bits per heavy atom. The Labute approximate surface area is 183 Å². The Morgan fingerprint density at radius 2 is 1.77 bits per heavy atom. The van der Waals surface area contributed by atoms with Gasteiger partial charge in [-0.05, 0) is 42.3 Å². The van der Waals surface area contributed by atoms with E-state index in [0.717, 1.165) is 12.0 Å². The summed E-state index contributed by atoms with van der Waals surface area (Å²) in [6.45, 7) is 5.54. The minimum atomic E-state index is -0.425. The second-order valence-corrected chi connectivity index (χ2v) is 7.80. The topological polar surface area (TPSA) is 84.7 Å². The number of rotatable bonds is 10. The van der Waals surface area contributed by atoms with E-state index >= 15 is 0 Å². The number of carbonyl (C=O) groups is 2. The van der Waals surface area contributed by atoms with Gasteiger partial charge in [-0.25, -0.2) is 0 Å². The Bertz CT molecular complexity index is 856. The van der Waals surface area contributed by atoms with Crippen LogP contribution in [0.5, 0.6) is 5.75 Å². The molecule has 0 aliphatic rings. The van der Waals surface area contributed by atoms with Gasteiger partial charge in [0.05, 0.1) is 12.2 Å². The molecule has 30 heavy (non-hydrogen) atoms. The number of ether oxygens (including phenoxy) is 1. The van der Waals surface area contributed by atoms with Crippen LogP contribution < -0.4 is 15.8 Å². The van der Waals surface area contributed by atoms with Gasteiger partial charge in [-0.3, -0.25) is 14.9 Å². The van der Waals surface area contributed by atoms with Crippen LogP contribution in [-0.4, -0.2) is 35.0 Å². The van der Waals surface area contributed by atoms with E-state index in [0.29, 0.717) is 36.9 Å². The van der Waals surface area contributed by atoms with Gasteiger partial charge in [0, 0.05) is 19.5 Å². The van der Waals surface area contributed by atoms with Gasteiger partial charge in [0.2, 0.25) is 5.91 Å². The highest BCUT2D eigenvalue weighted by molar-refractivity contribution is 7.80. The number of nitrogens with zero attached hydrogens (tertiary/aromatic N) is 1. The molecule has 0 aliphatic carbocycles. The van der Waals surface area contributed by atoms with E-state index < -0.39 is 5.91 Å². The third-order valence-corrected chi connectivity index (χ3v) is 4.80. The molecule has 0 unspecified atom stereocenters. The first-order chi connectivity index (χ1) is 14.4. The van der Waals surface area contributed by atoms with Crippen molar-refractivity contribution in [1.82, 2.24) is 10.2 Å². The lowest BCUT2D eigenvalue weighted by Crippen LogP contribution is -2.43. The molecule has 0 heterocycles. The van der Waals surface area contributed by atoms with Gasteiger partial charge in [0.25, 0.3) is 5.91 Å². The zero-order chi connectivity index (χ0) is 21.9. The quantitative estimate of drug-likeness (QED) is 0.567. The molecule has 0 bridgehead atoms. The van der Waals surface area contributed by atoms with Crippen LogP contribution in [0.15, 0.2) is 54.6 Å². The number of benzene rings is 2. The van der Waals surface area contributed by atoms with Crippen molar-refractivity contribution in [3.63, 3.8) is 0 Å². The Hall–Kier alpha value is -2.93. The molecule has 0 radical (unpaired) electrons. The van der Waals surface area contributed by atoms with Gasteiger partial charge >= 0.3 is 0 Å². The SMILES string of the molecule is CC(C)CCOc1ccccc1C(=O)NC(=S)N(CCC(N)=O)Cc1ccccc1. The van der Waals surface area contributed by atoms with Crippen LogP contribution in [0.1, 0.15) is 42.6 Å². The molecule has 2 amide bonds. The first kappa shape index (κ1) is 23.3. The molecule has 2 rings (SSSR count). The van der Waals surface area contributed by atoms with Crippen LogP contribution in [0.3, 0.4) is 0 Å². The zero-order valence-corrected chi connectivity index (χ0v) is 18.3. The third kappa shape index (κ3) is 7.83. The first-order valence-electron chi connectivity index (χ1n) is 10.0. The standard InChI is InChI=1S/C23H29N3O3S/c1-17(2)13-15-29-20-11-7-6-10-19(20)22(28)25-23(30)26(14-12-21(24)27)16-18-8-4-3-5-9-18/h3-11,17H,12-16H2,1-2H3,(H2,24,27)(H,25,28,30). The van der Waals surface area contributed by atoms with Crippen molar-refractivity contribution in [1.29, 1.82) is 0 Å². The molecule has 6 nitrogen and oxygen atoms in total. The largest absolute Gasteiger partial charge is 0.493 e. The number of thiocarbonyl (C=S) groups is 1. The summed E-state index contributed by atoms with van der Waals surface area (Å²) in [7, 11) is 0. The van der Waals surface area contributed by atoms with Gasteiger partial charge in [-0.2, -0.15) is 0 Å². The van der Waals surface area contributed by atoms with Crippen LogP contribution in [0.4, 0.5) is 0 Å². The van der Waals surface area contributed by atoms with Gasteiger partial charge < -0.3 is 15.4 Å². The fourth-order valence-corrected chi connectivity index (χ4v) is 2.98. The van der Waals surface area contributed by atoms with Crippen LogP contribution in [-0.2, 0) is 11.3 Å². The minimum absolute atomic E-state index is 0.137. The fraction of sp³-hybridized carbons (Fsp3) is 0.348. The summed E-state index contributed by atoms with van der Waals surface area (Å²) < 4.78 is 5.81. The molecule has 7 heteroatoms. The maximum absolute atomic E-state index is 12.9. The average Bonchev–Trinajstić information content (AvgIpc) is 2.71. The Balaban J connectivity index is 2.08. The summed E-state index contributed by atoms with van der Waals surface area (Å²) in [4.78, 5) is 25.9. The van der Waals surface area contributed by atoms with Crippen molar-refractivity contribution in [2.24, 2.45) is 11.7 Å². The monoisotopic (exact) mass is 427 g/mol. The number of carbonyl (C=O) groups excluding carboxylic acids is 2. The average molecular weight is 428 g/mol. The molecule has 3 N–H and O–H groups in total. The van der Waals surface area contributed by atoms with Gasteiger partial charge in [-0.15, -0.1) is 0 Å². The van der Waals surface area contributed by atoms with Crippen LogP contribution in [0.2, 0.25) is 0 Å². The second-order valence-electron chi connectivity index (χ2n) is 7.41. The number of para-hydroxylation sites is 1. The van der Waals surface area contributed by atoms with Crippen molar-refractivity contribution in [2.75, 3.05) is 13.2 Å². The molecular formula is C23H29N3O3S. The highest BCUT2D eigenvalue weighted by atomic mass is 32.1. The normalized spacial score (nSPS) is 10.5. The molecule has 0 saturated heterocycles. The van der Waals surface area contributed by atoms with Crippen molar-refractivity contribution in [2.45, 2.75) is 33.2 Å². The summed E-state index contributed by atoms with van der Waals surface area (Å²) in [6, 6.07) is 16.8. The van der Waals surface area contributed by atoms with Crippen molar-refractivity contribution >= 4 is 29.1 Å². The van der Waals surface area contributed by atoms with E-state index in [2.05, 4.69) is 19.2 Å². The lowest BCUT2D eigenvalue weighted by molar-refractivity contribution is -0.118. The Kier molecular flexibility index (Phi) is 9.28. The molecule has 160 valence electrons. The molecule has 0 fully saturated rings. The molecule has 0 aromatic heterocycles. The summed E-state index contributed by atoms with van der Waals surface area (Å²) >= 11 is 5.47. The maximum Gasteiger partial charge on any atom is 0.261 e. The van der Waals surface area contributed by atoms with Gasteiger partial charge in [0.1, 0.15) is 5.75 Å². The van der Waals surface area contributed by atoms with Gasteiger partial charge in [0.15, 0.2) is 5.11 Å². The molecule has 0 saturated carbocycles. The number of primary amides is 1. The van der Waals surface area contributed by atoms with E-state index in [9.17, 15) is 9.59 Å². The highest BCUT2D eigenvalue weighted by Gasteiger charge is 2.18.